The number of unbranched alkanes of at least 4 members (excludes halogenated alkanes) is 4. The van der Waals surface area contributed by atoms with Gasteiger partial charge in [-0.2, -0.15) is 4.98 Å². The van der Waals surface area contributed by atoms with Crippen LogP contribution in [0.15, 0.2) is 53.7 Å². The largest absolute Gasteiger partial charge is 0.448 e. The van der Waals surface area contributed by atoms with Gasteiger partial charge < -0.3 is 10.1 Å². The van der Waals surface area contributed by atoms with E-state index < -0.39 is 0 Å². The van der Waals surface area contributed by atoms with Crippen LogP contribution in [0.3, 0.4) is 0 Å². The van der Waals surface area contributed by atoms with Gasteiger partial charge in [0.15, 0.2) is 11.9 Å². The molecule has 1 atom stereocenters. The number of ether oxygens (including phenoxy) is 1. The Morgan fingerprint density at radius 3 is 2.63 bits per heavy atom. The maximum absolute atomic E-state index is 6.37. The lowest BCUT2D eigenvalue weighted by Gasteiger charge is -2.21. The fraction of sp³-hybridized carbons (Fsp3) is 0.375. The van der Waals surface area contributed by atoms with Crippen LogP contribution in [0.4, 0.5) is 5.69 Å². The van der Waals surface area contributed by atoms with E-state index in [4.69, 9.17) is 9.72 Å². The standard InChI is InChI=1S/C24H28N4OS/c1-3-4-5-6-11-16-30-24-26-23-21(27-28-24)19-14-9-10-15-20(19)25-22(29-23)18-13-8-7-12-17(18)2/h7-10,12-15,22,25H,3-6,11,16H2,1-2H3. The summed E-state index contributed by atoms with van der Waals surface area (Å²) in [6, 6.07) is 16.3. The molecular weight excluding hydrogens is 392 g/mol. The Balaban J connectivity index is 1.59. The number of nitrogens with one attached hydrogen (secondary N) is 1. The molecule has 1 aliphatic rings. The third kappa shape index (κ3) is 4.75. The van der Waals surface area contributed by atoms with Crippen molar-refractivity contribution in [3.63, 3.8) is 0 Å². The van der Waals surface area contributed by atoms with Gasteiger partial charge in [0.25, 0.3) is 0 Å². The van der Waals surface area contributed by atoms with Gasteiger partial charge in [0.2, 0.25) is 11.0 Å². The number of rotatable bonds is 8. The monoisotopic (exact) mass is 420 g/mol. The van der Waals surface area contributed by atoms with Gasteiger partial charge in [-0.3, -0.25) is 0 Å². The van der Waals surface area contributed by atoms with Crippen molar-refractivity contribution in [2.45, 2.75) is 57.3 Å². The molecule has 2 heterocycles. The van der Waals surface area contributed by atoms with Crippen LogP contribution in [0, 0.1) is 6.92 Å². The number of aryl methyl sites for hydroxylation is 1. The highest BCUT2D eigenvalue weighted by Gasteiger charge is 2.26. The van der Waals surface area contributed by atoms with Crippen molar-refractivity contribution in [3.8, 4) is 17.1 Å². The number of nitrogens with zero attached hydrogens (tertiary/aromatic N) is 3. The van der Waals surface area contributed by atoms with Crippen molar-refractivity contribution in [1.29, 1.82) is 0 Å². The van der Waals surface area contributed by atoms with Crippen molar-refractivity contribution in [1.82, 2.24) is 15.2 Å². The second-order valence-electron chi connectivity index (χ2n) is 7.56. The molecule has 1 aromatic heterocycles. The Kier molecular flexibility index (Phi) is 6.84. The van der Waals surface area contributed by atoms with Gasteiger partial charge in [-0.25, -0.2) is 0 Å². The Labute approximate surface area is 182 Å². The van der Waals surface area contributed by atoms with E-state index in [1.165, 1.54) is 37.7 Å². The summed E-state index contributed by atoms with van der Waals surface area (Å²) in [4.78, 5) is 4.74. The molecular formula is C24H28N4OS. The first-order chi connectivity index (χ1) is 14.8. The first-order valence-electron chi connectivity index (χ1n) is 10.7. The van der Waals surface area contributed by atoms with E-state index in [0.717, 1.165) is 22.6 Å². The molecule has 0 fully saturated rings. The third-order valence-corrected chi connectivity index (χ3v) is 6.21. The molecule has 0 spiro atoms. The van der Waals surface area contributed by atoms with Gasteiger partial charge in [0.1, 0.15) is 0 Å². The maximum atomic E-state index is 6.37. The maximum Gasteiger partial charge on any atom is 0.247 e. The summed E-state index contributed by atoms with van der Waals surface area (Å²) in [5.74, 6) is 1.53. The fourth-order valence-electron chi connectivity index (χ4n) is 3.60. The van der Waals surface area contributed by atoms with Crippen LogP contribution in [0.1, 0.15) is 56.4 Å². The van der Waals surface area contributed by atoms with E-state index in [1.807, 2.05) is 36.4 Å². The van der Waals surface area contributed by atoms with E-state index in [0.29, 0.717) is 16.7 Å². The molecule has 3 aromatic rings. The van der Waals surface area contributed by atoms with Crippen molar-refractivity contribution >= 4 is 17.4 Å². The lowest BCUT2D eigenvalue weighted by atomic mass is 10.1. The summed E-state index contributed by atoms with van der Waals surface area (Å²) in [5, 5.41) is 13.1. The van der Waals surface area contributed by atoms with E-state index >= 15 is 0 Å². The van der Waals surface area contributed by atoms with Gasteiger partial charge in [0.05, 0.1) is 0 Å². The molecule has 0 radical (unpaired) electrons. The van der Waals surface area contributed by atoms with Crippen LogP contribution in [0.25, 0.3) is 11.3 Å². The summed E-state index contributed by atoms with van der Waals surface area (Å²) in [6.07, 6.45) is 5.95. The van der Waals surface area contributed by atoms with Crippen LogP contribution >= 0.6 is 11.8 Å². The van der Waals surface area contributed by atoms with Gasteiger partial charge in [-0.1, -0.05) is 86.8 Å². The van der Waals surface area contributed by atoms with Crippen LogP contribution in [-0.4, -0.2) is 20.9 Å². The van der Waals surface area contributed by atoms with Crippen LogP contribution in [0.5, 0.6) is 5.88 Å². The van der Waals surface area contributed by atoms with E-state index in [-0.39, 0.29) is 6.23 Å². The van der Waals surface area contributed by atoms with Crippen LogP contribution < -0.4 is 10.1 Å². The summed E-state index contributed by atoms with van der Waals surface area (Å²) in [7, 11) is 0. The van der Waals surface area contributed by atoms with Crippen LogP contribution in [-0.2, 0) is 0 Å². The van der Waals surface area contributed by atoms with E-state index in [2.05, 4.69) is 41.5 Å². The number of thioether (sulfide) groups is 1. The number of hydrogen-bond donors (Lipinski definition) is 1. The number of hydrogen-bond acceptors (Lipinski definition) is 6. The molecule has 0 aliphatic carbocycles. The summed E-state index contributed by atoms with van der Waals surface area (Å²) < 4.78 is 6.37. The molecule has 156 valence electrons. The van der Waals surface area contributed by atoms with Crippen molar-refractivity contribution < 1.29 is 4.74 Å². The number of para-hydroxylation sites is 1. The minimum absolute atomic E-state index is 0.336. The highest BCUT2D eigenvalue weighted by Crippen LogP contribution is 2.39. The molecule has 0 amide bonds. The topological polar surface area (TPSA) is 59.9 Å². The van der Waals surface area contributed by atoms with Crippen molar-refractivity contribution in [2.75, 3.05) is 11.1 Å². The number of benzene rings is 2. The summed E-state index contributed by atoms with van der Waals surface area (Å²) in [6.45, 7) is 4.33. The quantitative estimate of drug-likeness (QED) is 0.335. The van der Waals surface area contributed by atoms with Gasteiger partial charge in [0, 0.05) is 22.6 Å². The molecule has 5 nitrogen and oxygen atoms in total. The lowest BCUT2D eigenvalue weighted by molar-refractivity contribution is 0.224. The molecule has 1 unspecified atom stereocenters. The average molecular weight is 421 g/mol. The molecule has 0 saturated heterocycles. The predicted octanol–water partition coefficient (Wildman–Crippen LogP) is 6.41. The zero-order valence-corrected chi connectivity index (χ0v) is 18.4. The fourth-order valence-corrected chi connectivity index (χ4v) is 4.38. The Bertz CT molecular complexity index is 994. The van der Waals surface area contributed by atoms with Crippen LogP contribution in [0.2, 0.25) is 0 Å². The van der Waals surface area contributed by atoms with E-state index in [9.17, 15) is 0 Å². The number of aromatic nitrogens is 3. The average Bonchev–Trinajstić information content (AvgIpc) is 2.93. The minimum atomic E-state index is -0.336. The normalized spacial score (nSPS) is 14.8. The van der Waals surface area contributed by atoms with Crippen molar-refractivity contribution in [2.24, 2.45) is 0 Å². The second kappa shape index (κ2) is 9.94. The minimum Gasteiger partial charge on any atom is -0.448 e. The molecule has 0 bridgehead atoms. The third-order valence-electron chi connectivity index (χ3n) is 5.28. The predicted molar refractivity (Wildman–Crippen MR) is 123 cm³/mol. The Morgan fingerprint density at radius 1 is 0.967 bits per heavy atom. The Hall–Kier alpha value is -2.60. The smallest absolute Gasteiger partial charge is 0.247 e. The lowest BCUT2D eigenvalue weighted by Crippen LogP contribution is -2.18. The molecule has 1 aliphatic heterocycles. The van der Waals surface area contributed by atoms with Gasteiger partial charge in [-0.05, 0) is 25.0 Å². The highest BCUT2D eigenvalue weighted by atomic mass is 32.2. The van der Waals surface area contributed by atoms with Gasteiger partial charge >= 0.3 is 0 Å². The molecule has 6 heteroatoms. The zero-order chi connectivity index (χ0) is 20.8. The number of fused-ring (bicyclic) bond motifs is 3. The SMILES string of the molecule is CCCCCCCSc1nnc2c(n1)OC(c1ccccc1C)Nc1ccccc1-2. The first kappa shape index (κ1) is 20.7. The first-order valence-corrected chi connectivity index (χ1v) is 11.7. The second-order valence-corrected chi connectivity index (χ2v) is 8.62. The summed E-state index contributed by atoms with van der Waals surface area (Å²) in [5.41, 5.74) is 4.86. The molecule has 1 N–H and O–H groups in total. The zero-order valence-electron chi connectivity index (χ0n) is 17.6. The van der Waals surface area contributed by atoms with E-state index in [1.54, 1.807) is 11.8 Å². The summed E-state index contributed by atoms with van der Waals surface area (Å²) >= 11 is 1.65. The Morgan fingerprint density at radius 2 is 1.77 bits per heavy atom. The molecule has 4 rings (SSSR count). The molecule has 2 aromatic carbocycles. The molecule has 30 heavy (non-hydrogen) atoms. The van der Waals surface area contributed by atoms with Crippen molar-refractivity contribution in [3.05, 3.63) is 59.7 Å². The molecule has 0 saturated carbocycles. The highest BCUT2D eigenvalue weighted by molar-refractivity contribution is 7.99. The number of anilines is 1. The van der Waals surface area contributed by atoms with Gasteiger partial charge in [-0.15, -0.1) is 10.2 Å².